The smallest absolute Gasteiger partial charge is 0.408 e. The number of carbonyl (C=O) groups is 5. The third kappa shape index (κ3) is 8.36. The number of carboxylic acid groups (broad SMARTS) is 1. The highest BCUT2D eigenvalue weighted by atomic mass is 19.3. The van der Waals surface area contributed by atoms with E-state index < -0.39 is 72.1 Å². The minimum Gasteiger partial charge on any atom is -0.476 e. The molecule has 0 bridgehead atoms. The van der Waals surface area contributed by atoms with Crippen molar-refractivity contribution < 1.29 is 42.6 Å². The summed E-state index contributed by atoms with van der Waals surface area (Å²) in [5.74, 6) is -12.1. The number of nitrogens with one attached hydrogen (secondary N) is 2. The fourth-order valence-corrected chi connectivity index (χ4v) is 4.94. The van der Waals surface area contributed by atoms with E-state index in [4.69, 9.17) is 9.84 Å². The Morgan fingerprint density at radius 1 is 0.884 bits per heavy atom. The number of hydrogen-bond acceptors (Lipinski definition) is 6. The van der Waals surface area contributed by atoms with Crippen molar-refractivity contribution in [2.45, 2.75) is 71.2 Å². The summed E-state index contributed by atoms with van der Waals surface area (Å²) in [4.78, 5) is 64.6. The molecule has 3 N–H and O–H groups in total. The molecule has 3 rings (SSSR count). The molecular formula is C31H37F2N3O7. The largest absolute Gasteiger partial charge is 0.476 e. The summed E-state index contributed by atoms with van der Waals surface area (Å²) >= 11 is 0. The van der Waals surface area contributed by atoms with Gasteiger partial charge in [0.05, 0.1) is 12.6 Å². The molecular weight excluding hydrogens is 564 g/mol. The average molecular weight is 602 g/mol. The molecule has 2 unspecified atom stereocenters. The monoisotopic (exact) mass is 601 g/mol. The van der Waals surface area contributed by atoms with Gasteiger partial charge in [0.25, 0.3) is 0 Å². The lowest BCUT2D eigenvalue weighted by atomic mass is 9.95. The lowest BCUT2D eigenvalue weighted by Gasteiger charge is -2.34. The number of alkyl halides is 2. The molecule has 10 nitrogen and oxygen atoms in total. The number of aliphatic carboxylic acids is 1. The third-order valence-electron chi connectivity index (χ3n) is 7.33. The van der Waals surface area contributed by atoms with Gasteiger partial charge in [-0.25, -0.2) is 9.59 Å². The molecule has 0 heterocycles. The second kappa shape index (κ2) is 14.2. The molecule has 1 aliphatic carbocycles. The van der Waals surface area contributed by atoms with Crippen LogP contribution in [0, 0.1) is 11.8 Å². The summed E-state index contributed by atoms with van der Waals surface area (Å²) in [5, 5.41) is 13.6. The maximum Gasteiger partial charge on any atom is 0.408 e. The number of Topliss-reactive ketones (excluding diaryl/α,β-unsaturated/α-hetero) is 1. The Labute approximate surface area is 248 Å². The fraction of sp³-hybridized carbons (Fsp3) is 0.452. The van der Waals surface area contributed by atoms with Gasteiger partial charge in [0.15, 0.2) is 0 Å². The third-order valence-corrected chi connectivity index (χ3v) is 7.33. The highest BCUT2D eigenvalue weighted by molar-refractivity contribution is 6.08. The number of carbonyl (C=O) groups excluding carboxylic acids is 4. The van der Waals surface area contributed by atoms with E-state index in [0.29, 0.717) is 12.8 Å². The lowest BCUT2D eigenvalue weighted by Crippen LogP contribution is -2.59. The first-order valence-corrected chi connectivity index (χ1v) is 14.0. The number of fused-ring (bicyclic) bond motifs is 1. The van der Waals surface area contributed by atoms with Crippen molar-refractivity contribution in [2.24, 2.45) is 11.8 Å². The van der Waals surface area contributed by atoms with Crippen molar-refractivity contribution in [1.29, 1.82) is 0 Å². The number of rotatable bonds is 13. The normalized spacial score (nSPS) is 14.5. The van der Waals surface area contributed by atoms with Crippen LogP contribution in [0.5, 0.6) is 0 Å². The van der Waals surface area contributed by atoms with Crippen LogP contribution in [0.15, 0.2) is 54.6 Å². The number of hydrogen-bond donors (Lipinski definition) is 3. The zero-order valence-electron chi connectivity index (χ0n) is 24.5. The standard InChI is InChI=1S/C31H37F2N3O7/c1-18(2)25(27(38)31(32,33)29(40)41)34-24(37)16-36(23-14-21-12-8-9-13-22(21)15-23)28(39)26(19(3)4)35-30(42)43-17-20-10-6-5-7-11-20/h5-13,18-19,23,25-26H,14-17H2,1-4H3,(H,34,37)(H,35,42)(H,40,41). The number of alkyl carbamates (subject to hydrolysis) is 1. The Kier molecular flexibility index (Phi) is 11.0. The predicted molar refractivity (Wildman–Crippen MR) is 152 cm³/mol. The van der Waals surface area contributed by atoms with E-state index in [2.05, 4.69) is 10.6 Å². The molecule has 2 atom stereocenters. The van der Waals surface area contributed by atoms with E-state index in [9.17, 15) is 32.8 Å². The number of carboxylic acids is 1. The van der Waals surface area contributed by atoms with E-state index in [-0.39, 0.29) is 6.61 Å². The summed E-state index contributed by atoms with van der Waals surface area (Å²) < 4.78 is 33.4. The van der Waals surface area contributed by atoms with Gasteiger partial charge in [0.1, 0.15) is 12.6 Å². The fourth-order valence-electron chi connectivity index (χ4n) is 4.94. The van der Waals surface area contributed by atoms with Crippen LogP contribution in [0.25, 0.3) is 0 Å². The van der Waals surface area contributed by atoms with E-state index in [0.717, 1.165) is 16.7 Å². The van der Waals surface area contributed by atoms with Crippen LogP contribution < -0.4 is 10.6 Å². The number of ether oxygens (including phenoxy) is 1. The lowest BCUT2D eigenvalue weighted by molar-refractivity contribution is -0.173. The molecule has 0 fully saturated rings. The number of benzene rings is 2. The van der Waals surface area contributed by atoms with E-state index >= 15 is 0 Å². The molecule has 43 heavy (non-hydrogen) atoms. The zero-order valence-corrected chi connectivity index (χ0v) is 24.5. The first-order chi connectivity index (χ1) is 20.2. The Morgan fingerprint density at radius 2 is 1.42 bits per heavy atom. The van der Waals surface area contributed by atoms with Crippen molar-refractivity contribution in [3.63, 3.8) is 0 Å². The average Bonchev–Trinajstić information content (AvgIpc) is 3.40. The summed E-state index contributed by atoms with van der Waals surface area (Å²) in [5.41, 5.74) is 2.69. The summed E-state index contributed by atoms with van der Waals surface area (Å²) in [6, 6.07) is 13.0. The molecule has 1 aliphatic rings. The highest BCUT2D eigenvalue weighted by Gasteiger charge is 2.51. The van der Waals surface area contributed by atoms with Crippen molar-refractivity contribution in [3.8, 4) is 0 Å². The van der Waals surface area contributed by atoms with Gasteiger partial charge in [-0.2, -0.15) is 8.78 Å². The Bertz CT molecular complexity index is 1310. The number of ketones is 1. The topological polar surface area (TPSA) is 142 Å². The van der Waals surface area contributed by atoms with E-state index in [1.807, 2.05) is 30.3 Å². The summed E-state index contributed by atoms with van der Waals surface area (Å²) in [7, 11) is 0. The SMILES string of the molecule is CC(C)C(NC(=O)OCc1ccccc1)C(=O)N(CC(=O)NC(C(=O)C(F)(F)C(=O)O)C(C)C)C1Cc2ccccc2C1. The second-order valence-electron chi connectivity index (χ2n) is 11.3. The summed E-state index contributed by atoms with van der Waals surface area (Å²) in [6.45, 7) is 5.55. The second-order valence-corrected chi connectivity index (χ2v) is 11.3. The summed E-state index contributed by atoms with van der Waals surface area (Å²) in [6.07, 6.45) is -0.0270. The van der Waals surface area contributed by atoms with Gasteiger partial charge in [-0.15, -0.1) is 0 Å². The molecule has 0 aromatic heterocycles. The van der Waals surface area contributed by atoms with Gasteiger partial charge in [0, 0.05) is 6.04 Å². The van der Waals surface area contributed by atoms with Crippen LogP contribution in [0.2, 0.25) is 0 Å². The van der Waals surface area contributed by atoms with E-state index in [1.54, 1.807) is 38.1 Å². The van der Waals surface area contributed by atoms with Crippen LogP contribution in [0.4, 0.5) is 13.6 Å². The molecule has 0 spiro atoms. The predicted octanol–water partition coefficient (Wildman–Crippen LogP) is 3.36. The molecule has 2 aromatic rings. The minimum atomic E-state index is -4.71. The molecule has 0 saturated carbocycles. The van der Waals surface area contributed by atoms with Crippen molar-refractivity contribution >= 4 is 29.7 Å². The molecule has 3 amide bonds. The van der Waals surface area contributed by atoms with Crippen molar-refractivity contribution in [1.82, 2.24) is 15.5 Å². The molecule has 2 aromatic carbocycles. The van der Waals surface area contributed by atoms with Crippen LogP contribution in [0.3, 0.4) is 0 Å². The first kappa shape index (κ1) is 33.2. The first-order valence-electron chi connectivity index (χ1n) is 14.0. The molecule has 0 radical (unpaired) electrons. The van der Waals surface area contributed by atoms with Crippen LogP contribution >= 0.6 is 0 Å². The van der Waals surface area contributed by atoms with Crippen LogP contribution in [-0.2, 0) is 43.4 Å². The van der Waals surface area contributed by atoms with Crippen molar-refractivity contribution in [2.75, 3.05) is 6.54 Å². The van der Waals surface area contributed by atoms with Gasteiger partial charge < -0.3 is 25.4 Å². The minimum absolute atomic E-state index is 0.0265. The van der Waals surface area contributed by atoms with Gasteiger partial charge in [-0.05, 0) is 41.4 Å². The Morgan fingerprint density at radius 3 is 1.93 bits per heavy atom. The molecule has 0 saturated heterocycles. The molecule has 0 aliphatic heterocycles. The zero-order chi connectivity index (χ0) is 31.9. The van der Waals surface area contributed by atoms with Crippen molar-refractivity contribution in [3.05, 3.63) is 71.3 Å². The van der Waals surface area contributed by atoms with E-state index in [1.165, 1.54) is 18.7 Å². The molecule has 12 heteroatoms. The van der Waals surface area contributed by atoms with Gasteiger partial charge in [-0.3, -0.25) is 14.4 Å². The molecule has 232 valence electrons. The maximum absolute atomic E-state index is 14.1. The number of amides is 3. The highest BCUT2D eigenvalue weighted by Crippen LogP contribution is 2.27. The number of halogens is 2. The van der Waals surface area contributed by atoms with Crippen LogP contribution in [-0.4, -0.2) is 70.3 Å². The van der Waals surface area contributed by atoms with Crippen LogP contribution in [0.1, 0.15) is 44.4 Å². The Hall–Kier alpha value is -4.35. The number of nitrogens with zero attached hydrogens (tertiary/aromatic N) is 1. The Balaban J connectivity index is 1.82. The van der Waals surface area contributed by atoms with Gasteiger partial charge >= 0.3 is 18.0 Å². The quantitative estimate of drug-likeness (QED) is 0.299. The maximum atomic E-state index is 14.1. The van der Waals surface area contributed by atoms with Gasteiger partial charge in [-0.1, -0.05) is 82.3 Å². The van der Waals surface area contributed by atoms with Gasteiger partial charge in [0.2, 0.25) is 17.6 Å².